The average molecular weight is 195 g/mol. The van der Waals surface area contributed by atoms with Gasteiger partial charge in [-0.25, -0.2) is 4.98 Å². The highest BCUT2D eigenvalue weighted by atomic mass is 16.5. The molecule has 1 N–H and O–H groups in total. The normalized spacial score (nSPS) is 12.9. The van der Waals surface area contributed by atoms with Crippen LogP contribution in [0.4, 0.5) is 0 Å². The molecular formula is C10H15N2O2. The molecule has 4 heteroatoms. The SMILES string of the molecule is COc1n[c]ccc1CC(O)N(C)C. The molecule has 0 aromatic carbocycles. The molecule has 1 radical (unpaired) electrons. The van der Waals surface area contributed by atoms with Gasteiger partial charge in [0.1, 0.15) is 6.23 Å². The molecule has 0 saturated carbocycles. The molecular weight excluding hydrogens is 180 g/mol. The highest BCUT2D eigenvalue weighted by Gasteiger charge is 2.11. The van der Waals surface area contributed by atoms with Gasteiger partial charge in [0.25, 0.3) is 0 Å². The molecule has 0 aliphatic rings. The van der Waals surface area contributed by atoms with Crippen molar-refractivity contribution >= 4 is 0 Å². The second kappa shape index (κ2) is 4.93. The van der Waals surface area contributed by atoms with Gasteiger partial charge in [-0.3, -0.25) is 4.90 Å². The maximum Gasteiger partial charge on any atom is 0.217 e. The average Bonchev–Trinajstić information content (AvgIpc) is 2.18. The second-order valence-electron chi connectivity index (χ2n) is 3.26. The van der Waals surface area contributed by atoms with E-state index in [4.69, 9.17) is 4.74 Å². The fraction of sp³-hybridized carbons (Fsp3) is 0.500. The Bertz CT molecular complexity index is 289. The number of likely N-dealkylation sites (N-methyl/N-ethyl adjacent to an activating group) is 1. The van der Waals surface area contributed by atoms with E-state index in [-0.39, 0.29) is 0 Å². The van der Waals surface area contributed by atoms with Crippen LogP contribution in [0.1, 0.15) is 5.56 Å². The molecule has 77 valence electrons. The number of pyridine rings is 1. The summed E-state index contributed by atoms with van der Waals surface area (Å²) < 4.78 is 5.05. The fourth-order valence-electron chi connectivity index (χ4n) is 1.09. The monoisotopic (exact) mass is 195 g/mol. The number of aliphatic hydroxyl groups excluding tert-OH is 1. The lowest BCUT2D eigenvalue weighted by atomic mass is 10.2. The summed E-state index contributed by atoms with van der Waals surface area (Å²) in [6.45, 7) is 0. The summed E-state index contributed by atoms with van der Waals surface area (Å²) in [5.41, 5.74) is 0.882. The van der Waals surface area contributed by atoms with Gasteiger partial charge in [0, 0.05) is 12.0 Å². The van der Waals surface area contributed by atoms with Crippen LogP contribution in [-0.4, -0.2) is 42.4 Å². The summed E-state index contributed by atoms with van der Waals surface area (Å²) in [6, 6.07) is 3.55. The number of aromatic nitrogens is 1. The quantitative estimate of drug-likeness (QED) is 0.702. The van der Waals surface area contributed by atoms with Crippen molar-refractivity contribution in [2.24, 2.45) is 0 Å². The Morgan fingerprint density at radius 1 is 1.64 bits per heavy atom. The maximum absolute atomic E-state index is 9.63. The van der Waals surface area contributed by atoms with Gasteiger partial charge >= 0.3 is 0 Å². The van der Waals surface area contributed by atoms with E-state index in [0.717, 1.165) is 5.56 Å². The summed E-state index contributed by atoms with van der Waals surface area (Å²) in [5.74, 6) is 0.522. The topological polar surface area (TPSA) is 45.6 Å². The molecule has 1 atom stereocenters. The van der Waals surface area contributed by atoms with Gasteiger partial charge in [0.05, 0.1) is 13.3 Å². The van der Waals surface area contributed by atoms with Crippen molar-refractivity contribution in [3.05, 3.63) is 23.9 Å². The Labute approximate surface area is 84.1 Å². The Hall–Kier alpha value is -1.13. The van der Waals surface area contributed by atoms with Crippen LogP contribution in [0.15, 0.2) is 12.1 Å². The number of hydrogen-bond acceptors (Lipinski definition) is 4. The zero-order chi connectivity index (χ0) is 10.6. The van der Waals surface area contributed by atoms with Gasteiger partial charge in [-0.05, 0) is 20.2 Å². The zero-order valence-corrected chi connectivity index (χ0v) is 8.69. The largest absolute Gasteiger partial charge is 0.481 e. The van der Waals surface area contributed by atoms with Gasteiger partial charge in [-0.15, -0.1) is 0 Å². The third kappa shape index (κ3) is 2.68. The summed E-state index contributed by atoms with van der Waals surface area (Å²) in [6.07, 6.45) is 2.66. The van der Waals surface area contributed by atoms with E-state index >= 15 is 0 Å². The molecule has 0 aliphatic heterocycles. The van der Waals surface area contributed by atoms with Crippen LogP contribution in [0.2, 0.25) is 0 Å². The third-order valence-electron chi connectivity index (χ3n) is 1.99. The Kier molecular flexibility index (Phi) is 3.85. The number of rotatable bonds is 4. The smallest absolute Gasteiger partial charge is 0.217 e. The van der Waals surface area contributed by atoms with Gasteiger partial charge in [0.15, 0.2) is 0 Å². The number of methoxy groups -OCH3 is 1. The highest BCUT2D eigenvalue weighted by Crippen LogP contribution is 2.15. The second-order valence-corrected chi connectivity index (χ2v) is 3.26. The van der Waals surface area contributed by atoms with E-state index in [2.05, 4.69) is 11.2 Å². The number of hydrogen-bond donors (Lipinski definition) is 1. The fourth-order valence-corrected chi connectivity index (χ4v) is 1.09. The van der Waals surface area contributed by atoms with Crippen molar-refractivity contribution in [2.45, 2.75) is 12.6 Å². The zero-order valence-electron chi connectivity index (χ0n) is 8.69. The molecule has 0 aliphatic carbocycles. The predicted octanol–water partition coefficient (Wildman–Crippen LogP) is 0.313. The van der Waals surface area contributed by atoms with Crippen LogP contribution >= 0.6 is 0 Å². The lowest BCUT2D eigenvalue weighted by molar-refractivity contribution is 0.0407. The van der Waals surface area contributed by atoms with E-state index in [1.807, 2.05) is 20.2 Å². The molecule has 0 bridgehead atoms. The molecule has 1 rings (SSSR count). The van der Waals surface area contributed by atoms with Crippen molar-refractivity contribution in [1.82, 2.24) is 9.88 Å². The van der Waals surface area contributed by atoms with E-state index < -0.39 is 6.23 Å². The Morgan fingerprint density at radius 3 is 2.93 bits per heavy atom. The van der Waals surface area contributed by atoms with Crippen molar-refractivity contribution in [3.63, 3.8) is 0 Å². The van der Waals surface area contributed by atoms with Gasteiger partial charge < -0.3 is 9.84 Å². The molecule has 0 amide bonds. The van der Waals surface area contributed by atoms with Crippen LogP contribution in [0, 0.1) is 6.20 Å². The molecule has 1 unspecified atom stereocenters. The number of aliphatic hydroxyl groups is 1. The van der Waals surface area contributed by atoms with Crippen LogP contribution in [-0.2, 0) is 6.42 Å². The number of nitrogens with zero attached hydrogens (tertiary/aromatic N) is 2. The van der Waals surface area contributed by atoms with E-state index in [1.54, 1.807) is 18.1 Å². The molecule has 14 heavy (non-hydrogen) atoms. The van der Waals surface area contributed by atoms with Crippen molar-refractivity contribution < 1.29 is 9.84 Å². The molecule has 1 aromatic heterocycles. The first kappa shape index (κ1) is 10.9. The number of ether oxygens (including phenoxy) is 1. The summed E-state index contributed by atoms with van der Waals surface area (Å²) in [4.78, 5) is 5.67. The summed E-state index contributed by atoms with van der Waals surface area (Å²) in [5, 5.41) is 9.63. The van der Waals surface area contributed by atoms with Crippen molar-refractivity contribution in [3.8, 4) is 5.88 Å². The van der Waals surface area contributed by atoms with Crippen molar-refractivity contribution in [1.29, 1.82) is 0 Å². The minimum Gasteiger partial charge on any atom is -0.481 e. The summed E-state index contributed by atoms with van der Waals surface area (Å²) in [7, 11) is 5.20. The standard InChI is InChI=1S/C10H15N2O2/c1-12(2)9(13)7-8-5-4-6-11-10(8)14-3/h4-5,9,13H,7H2,1-3H3. The van der Waals surface area contributed by atoms with E-state index in [0.29, 0.717) is 12.3 Å². The van der Waals surface area contributed by atoms with Gasteiger partial charge in [-0.1, -0.05) is 6.07 Å². The Balaban J connectivity index is 2.75. The molecule has 4 nitrogen and oxygen atoms in total. The third-order valence-corrected chi connectivity index (χ3v) is 1.99. The minimum atomic E-state index is -0.520. The van der Waals surface area contributed by atoms with Crippen LogP contribution in [0.25, 0.3) is 0 Å². The lowest BCUT2D eigenvalue weighted by Crippen LogP contribution is -2.29. The van der Waals surface area contributed by atoms with Crippen LogP contribution in [0.3, 0.4) is 0 Å². The first-order chi connectivity index (χ1) is 6.65. The molecule has 0 fully saturated rings. The predicted molar refractivity (Wildman–Crippen MR) is 53.0 cm³/mol. The summed E-state index contributed by atoms with van der Waals surface area (Å²) >= 11 is 0. The maximum atomic E-state index is 9.63. The first-order valence-electron chi connectivity index (χ1n) is 4.39. The highest BCUT2D eigenvalue weighted by molar-refractivity contribution is 5.25. The first-order valence-corrected chi connectivity index (χ1v) is 4.39. The Morgan fingerprint density at radius 2 is 2.36 bits per heavy atom. The van der Waals surface area contributed by atoms with Crippen molar-refractivity contribution in [2.75, 3.05) is 21.2 Å². The molecule has 0 saturated heterocycles. The minimum absolute atomic E-state index is 0.498. The van der Waals surface area contributed by atoms with Gasteiger partial charge in [-0.2, -0.15) is 0 Å². The lowest BCUT2D eigenvalue weighted by Gasteiger charge is -2.18. The van der Waals surface area contributed by atoms with Crippen LogP contribution < -0.4 is 4.74 Å². The molecule has 1 aromatic rings. The van der Waals surface area contributed by atoms with E-state index in [1.165, 1.54) is 0 Å². The van der Waals surface area contributed by atoms with E-state index in [9.17, 15) is 5.11 Å². The molecule has 0 spiro atoms. The molecule has 1 heterocycles. The van der Waals surface area contributed by atoms with Crippen LogP contribution in [0.5, 0.6) is 5.88 Å². The van der Waals surface area contributed by atoms with Gasteiger partial charge in [0.2, 0.25) is 5.88 Å².